The molecule has 2 saturated heterocycles. The SMILES string of the molecule is C[C@H]1CNCCN1C(=O)C1CCN(c2ccc3c(c2)OCCO3)C1=O.Cl. The lowest BCUT2D eigenvalue weighted by molar-refractivity contribution is -0.142. The van der Waals surface area contributed by atoms with E-state index < -0.39 is 5.92 Å². The number of hydrogen-bond acceptors (Lipinski definition) is 5. The van der Waals surface area contributed by atoms with Crippen LogP contribution in [0.25, 0.3) is 0 Å². The molecule has 0 saturated carbocycles. The molecule has 2 amide bonds. The summed E-state index contributed by atoms with van der Waals surface area (Å²) in [4.78, 5) is 29.2. The average Bonchev–Trinajstić information content (AvgIpc) is 3.02. The number of ether oxygens (including phenoxy) is 2. The molecular weight excluding hydrogens is 358 g/mol. The number of nitrogens with zero attached hydrogens (tertiary/aromatic N) is 2. The number of hydrogen-bond donors (Lipinski definition) is 1. The smallest absolute Gasteiger partial charge is 0.239 e. The van der Waals surface area contributed by atoms with Gasteiger partial charge in [0.1, 0.15) is 19.1 Å². The van der Waals surface area contributed by atoms with E-state index >= 15 is 0 Å². The normalized spacial score (nSPS) is 25.0. The lowest BCUT2D eigenvalue weighted by Crippen LogP contribution is -2.54. The molecule has 3 aliphatic rings. The minimum atomic E-state index is -0.575. The number of carbonyl (C=O) groups excluding carboxylic acids is 2. The lowest BCUT2D eigenvalue weighted by Gasteiger charge is -2.35. The van der Waals surface area contributed by atoms with Crippen molar-refractivity contribution in [3.05, 3.63) is 18.2 Å². The number of anilines is 1. The second-order valence-corrected chi connectivity index (χ2v) is 6.74. The second kappa shape index (κ2) is 7.72. The predicted molar refractivity (Wildman–Crippen MR) is 99.2 cm³/mol. The first-order chi connectivity index (χ1) is 12.1. The van der Waals surface area contributed by atoms with Gasteiger partial charge in [-0.2, -0.15) is 0 Å². The maximum Gasteiger partial charge on any atom is 0.239 e. The Morgan fingerprint density at radius 2 is 1.96 bits per heavy atom. The van der Waals surface area contributed by atoms with Gasteiger partial charge < -0.3 is 24.6 Å². The standard InChI is InChI=1S/C18H23N3O4.ClH/c1-12-11-19-5-7-20(12)17(22)14-4-6-21(18(14)23)13-2-3-15-16(10-13)25-9-8-24-15;/h2-3,10,12,14,19H,4-9,11H2,1H3;1H/t12-,14?;/m0./s1. The Kier molecular flexibility index (Phi) is 5.58. The van der Waals surface area contributed by atoms with E-state index in [0.29, 0.717) is 44.2 Å². The maximum atomic E-state index is 12.9. The summed E-state index contributed by atoms with van der Waals surface area (Å²) in [6.07, 6.45) is 0.558. The third-order valence-electron chi connectivity index (χ3n) is 5.13. The van der Waals surface area contributed by atoms with E-state index in [1.54, 1.807) is 4.90 Å². The van der Waals surface area contributed by atoms with E-state index in [-0.39, 0.29) is 30.3 Å². The number of carbonyl (C=O) groups is 2. The molecule has 1 unspecified atom stereocenters. The molecule has 1 aromatic carbocycles. The Morgan fingerprint density at radius 1 is 1.19 bits per heavy atom. The minimum Gasteiger partial charge on any atom is -0.486 e. The van der Waals surface area contributed by atoms with Crippen molar-refractivity contribution in [3.63, 3.8) is 0 Å². The number of amides is 2. The van der Waals surface area contributed by atoms with Crippen molar-refractivity contribution in [2.24, 2.45) is 5.92 Å². The summed E-state index contributed by atoms with van der Waals surface area (Å²) in [5, 5.41) is 3.27. The molecule has 142 valence electrons. The van der Waals surface area contributed by atoms with Crippen LogP contribution in [-0.4, -0.2) is 62.1 Å². The van der Waals surface area contributed by atoms with Gasteiger partial charge in [-0.25, -0.2) is 0 Å². The van der Waals surface area contributed by atoms with Gasteiger partial charge in [0.2, 0.25) is 11.8 Å². The summed E-state index contributed by atoms with van der Waals surface area (Å²) in [5.74, 6) is 0.617. The summed E-state index contributed by atoms with van der Waals surface area (Å²) >= 11 is 0. The first-order valence-corrected chi connectivity index (χ1v) is 8.87. The summed E-state index contributed by atoms with van der Waals surface area (Å²) in [6, 6.07) is 5.63. The molecule has 2 atom stereocenters. The van der Waals surface area contributed by atoms with Crippen LogP contribution < -0.4 is 19.7 Å². The number of nitrogens with one attached hydrogen (secondary N) is 1. The van der Waals surface area contributed by atoms with E-state index in [2.05, 4.69) is 5.32 Å². The number of benzene rings is 1. The molecule has 26 heavy (non-hydrogen) atoms. The van der Waals surface area contributed by atoms with Gasteiger partial charge in [0.05, 0.1) is 0 Å². The summed E-state index contributed by atoms with van der Waals surface area (Å²) in [5.41, 5.74) is 0.762. The van der Waals surface area contributed by atoms with Crippen LogP contribution in [0.4, 0.5) is 5.69 Å². The van der Waals surface area contributed by atoms with Crippen LogP contribution >= 0.6 is 12.4 Å². The first kappa shape index (κ1) is 18.8. The van der Waals surface area contributed by atoms with Crippen molar-refractivity contribution < 1.29 is 19.1 Å². The molecular formula is C18H24ClN3O4. The highest BCUT2D eigenvalue weighted by Gasteiger charge is 2.41. The monoisotopic (exact) mass is 381 g/mol. The third kappa shape index (κ3) is 3.33. The van der Waals surface area contributed by atoms with Gasteiger partial charge in [-0.05, 0) is 25.5 Å². The fourth-order valence-corrected chi connectivity index (χ4v) is 3.73. The zero-order valence-corrected chi connectivity index (χ0v) is 15.6. The van der Waals surface area contributed by atoms with E-state index in [4.69, 9.17) is 9.47 Å². The van der Waals surface area contributed by atoms with Crippen molar-refractivity contribution >= 4 is 29.9 Å². The number of piperazine rings is 1. The van der Waals surface area contributed by atoms with Gasteiger partial charge >= 0.3 is 0 Å². The zero-order chi connectivity index (χ0) is 17.4. The van der Waals surface area contributed by atoms with Crippen molar-refractivity contribution in [2.75, 3.05) is 44.3 Å². The number of rotatable bonds is 2. The van der Waals surface area contributed by atoms with Crippen LogP contribution in [-0.2, 0) is 9.59 Å². The van der Waals surface area contributed by atoms with Crippen LogP contribution in [0.15, 0.2) is 18.2 Å². The molecule has 0 spiro atoms. The molecule has 7 nitrogen and oxygen atoms in total. The van der Waals surface area contributed by atoms with E-state index in [1.807, 2.05) is 30.0 Å². The van der Waals surface area contributed by atoms with Crippen molar-refractivity contribution in [3.8, 4) is 11.5 Å². The molecule has 3 heterocycles. The maximum absolute atomic E-state index is 12.9. The Bertz CT molecular complexity index is 699. The van der Waals surface area contributed by atoms with Gasteiger partial charge in [0.15, 0.2) is 11.5 Å². The average molecular weight is 382 g/mol. The highest BCUT2D eigenvalue weighted by atomic mass is 35.5. The fourth-order valence-electron chi connectivity index (χ4n) is 3.73. The summed E-state index contributed by atoms with van der Waals surface area (Å²) < 4.78 is 11.1. The zero-order valence-electron chi connectivity index (χ0n) is 14.8. The van der Waals surface area contributed by atoms with Crippen LogP contribution in [0.2, 0.25) is 0 Å². The summed E-state index contributed by atoms with van der Waals surface area (Å²) in [6.45, 7) is 5.83. The largest absolute Gasteiger partial charge is 0.486 e. The molecule has 0 aliphatic carbocycles. The van der Waals surface area contributed by atoms with Gasteiger partial charge in [0.25, 0.3) is 0 Å². The molecule has 0 aromatic heterocycles. The Hall–Kier alpha value is -1.99. The van der Waals surface area contributed by atoms with Crippen LogP contribution in [0, 0.1) is 5.92 Å². The van der Waals surface area contributed by atoms with Gasteiger partial charge in [-0.15, -0.1) is 12.4 Å². The molecule has 2 fully saturated rings. The topological polar surface area (TPSA) is 71.1 Å². The van der Waals surface area contributed by atoms with Crippen LogP contribution in [0.5, 0.6) is 11.5 Å². The van der Waals surface area contributed by atoms with Crippen molar-refractivity contribution in [2.45, 2.75) is 19.4 Å². The lowest BCUT2D eigenvalue weighted by atomic mass is 10.0. The molecule has 1 N–H and O–H groups in total. The van der Waals surface area contributed by atoms with Crippen LogP contribution in [0.1, 0.15) is 13.3 Å². The first-order valence-electron chi connectivity index (χ1n) is 8.87. The van der Waals surface area contributed by atoms with Gasteiger partial charge in [0, 0.05) is 44.0 Å². The highest BCUT2D eigenvalue weighted by molar-refractivity contribution is 6.09. The van der Waals surface area contributed by atoms with Crippen molar-refractivity contribution in [1.29, 1.82) is 0 Å². The Labute approximate surface area is 159 Å². The quantitative estimate of drug-likeness (QED) is 0.775. The highest BCUT2D eigenvalue weighted by Crippen LogP contribution is 2.36. The summed E-state index contributed by atoms with van der Waals surface area (Å²) in [7, 11) is 0. The molecule has 0 bridgehead atoms. The van der Waals surface area contributed by atoms with Crippen molar-refractivity contribution in [1.82, 2.24) is 10.2 Å². The number of halogens is 1. The fraction of sp³-hybridized carbons (Fsp3) is 0.556. The molecule has 1 aromatic rings. The van der Waals surface area contributed by atoms with Crippen LogP contribution in [0.3, 0.4) is 0 Å². The molecule has 8 heteroatoms. The third-order valence-corrected chi connectivity index (χ3v) is 5.13. The predicted octanol–water partition coefficient (Wildman–Crippen LogP) is 1.05. The van der Waals surface area contributed by atoms with Gasteiger partial charge in [-0.1, -0.05) is 0 Å². The Morgan fingerprint density at radius 3 is 2.73 bits per heavy atom. The molecule has 4 rings (SSSR count). The minimum absolute atomic E-state index is 0. The molecule has 0 radical (unpaired) electrons. The van der Waals surface area contributed by atoms with E-state index in [9.17, 15) is 9.59 Å². The molecule has 3 aliphatic heterocycles. The van der Waals surface area contributed by atoms with Gasteiger partial charge in [-0.3, -0.25) is 9.59 Å². The Balaban J connectivity index is 0.00000196. The number of fused-ring (bicyclic) bond motifs is 1. The van der Waals surface area contributed by atoms with E-state index in [0.717, 1.165) is 18.8 Å². The van der Waals surface area contributed by atoms with E-state index in [1.165, 1.54) is 0 Å². The second-order valence-electron chi connectivity index (χ2n) is 6.74.